The van der Waals surface area contributed by atoms with Gasteiger partial charge in [0.15, 0.2) is 12.4 Å². The molecule has 3 heterocycles. The number of nitrogens with one attached hydrogen (secondary N) is 2. The monoisotopic (exact) mass is 415 g/mol. The number of hydrogen-bond donors (Lipinski definition) is 2. The molecule has 7 heteroatoms. The number of ether oxygens (including phenoxy) is 1. The Morgan fingerprint density at radius 1 is 1.38 bits per heavy atom. The SMILES string of the molecule is Cc1cc(=O)c(OCC(=O)N2CCc3[nH]c4c(Br)cccc4c3C2)c[nH]1. The van der Waals surface area contributed by atoms with Gasteiger partial charge in [-0.2, -0.15) is 0 Å². The fourth-order valence-corrected chi connectivity index (χ4v) is 3.78. The second-order valence-corrected chi connectivity index (χ2v) is 7.30. The van der Waals surface area contributed by atoms with Crippen LogP contribution < -0.4 is 10.2 Å². The summed E-state index contributed by atoms with van der Waals surface area (Å²) < 4.78 is 6.45. The normalized spacial score (nSPS) is 13.7. The standard InChI is InChI=1S/C19H18BrN3O3/c1-11-7-16(24)17(8-21-11)26-10-18(25)23-6-5-15-13(9-23)12-3-2-4-14(20)19(12)22-15/h2-4,7-8,22H,5-6,9-10H2,1H3,(H,21,24). The summed E-state index contributed by atoms with van der Waals surface area (Å²) in [5.41, 5.74) is 3.91. The van der Waals surface area contributed by atoms with Crippen LogP contribution in [0, 0.1) is 6.92 Å². The molecule has 1 aliphatic rings. The summed E-state index contributed by atoms with van der Waals surface area (Å²) in [5, 5.41) is 1.13. The number of nitrogens with zero attached hydrogens (tertiary/aromatic N) is 1. The van der Waals surface area contributed by atoms with Gasteiger partial charge >= 0.3 is 0 Å². The summed E-state index contributed by atoms with van der Waals surface area (Å²) in [5.74, 6) is 0.0395. The summed E-state index contributed by atoms with van der Waals surface area (Å²) in [7, 11) is 0. The van der Waals surface area contributed by atoms with E-state index in [1.807, 2.05) is 12.1 Å². The first-order valence-corrected chi connectivity index (χ1v) is 9.20. The van der Waals surface area contributed by atoms with E-state index in [0.717, 1.165) is 33.1 Å². The molecule has 1 aliphatic heterocycles. The average molecular weight is 416 g/mol. The summed E-state index contributed by atoms with van der Waals surface area (Å²) in [6.45, 7) is 2.82. The number of halogens is 1. The predicted octanol–water partition coefficient (Wildman–Crippen LogP) is 2.89. The average Bonchev–Trinajstić information content (AvgIpc) is 3.00. The number of carbonyl (C=O) groups excluding carboxylic acids is 1. The third-order valence-electron chi connectivity index (χ3n) is 4.68. The first kappa shape index (κ1) is 16.9. The summed E-state index contributed by atoms with van der Waals surface area (Å²) in [6.07, 6.45) is 2.27. The zero-order valence-electron chi connectivity index (χ0n) is 14.3. The van der Waals surface area contributed by atoms with E-state index in [4.69, 9.17) is 4.74 Å². The van der Waals surface area contributed by atoms with E-state index >= 15 is 0 Å². The van der Waals surface area contributed by atoms with Crippen LogP contribution in [0.2, 0.25) is 0 Å². The van der Waals surface area contributed by atoms with Crippen LogP contribution in [0.15, 0.2) is 39.7 Å². The van der Waals surface area contributed by atoms with Crippen LogP contribution in [0.25, 0.3) is 10.9 Å². The van der Waals surface area contributed by atoms with Crippen LogP contribution in [0.4, 0.5) is 0 Å². The van der Waals surface area contributed by atoms with E-state index in [0.29, 0.717) is 13.1 Å². The molecule has 134 valence electrons. The molecule has 1 amide bonds. The molecule has 0 fully saturated rings. The molecular weight excluding hydrogens is 398 g/mol. The molecule has 0 aliphatic carbocycles. The van der Waals surface area contributed by atoms with E-state index in [9.17, 15) is 9.59 Å². The molecule has 0 saturated heterocycles. The quantitative estimate of drug-likeness (QED) is 0.690. The number of pyridine rings is 1. The Balaban J connectivity index is 1.49. The maximum atomic E-state index is 12.6. The minimum absolute atomic E-state index is 0.125. The van der Waals surface area contributed by atoms with Gasteiger partial charge in [0.2, 0.25) is 5.43 Å². The maximum absolute atomic E-state index is 12.6. The molecule has 0 unspecified atom stereocenters. The van der Waals surface area contributed by atoms with Crippen molar-refractivity contribution in [2.75, 3.05) is 13.2 Å². The van der Waals surface area contributed by atoms with Crippen molar-refractivity contribution >= 4 is 32.7 Å². The number of H-pyrrole nitrogens is 2. The van der Waals surface area contributed by atoms with Gasteiger partial charge in [-0.1, -0.05) is 12.1 Å². The van der Waals surface area contributed by atoms with Gasteiger partial charge in [-0.15, -0.1) is 0 Å². The highest BCUT2D eigenvalue weighted by Crippen LogP contribution is 2.31. The lowest BCUT2D eigenvalue weighted by Crippen LogP contribution is -2.39. The van der Waals surface area contributed by atoms with Gasteiger partial charge in [0.25, 0.3) is 5.91 Å². The van der Waals surface area contributed by atoms with Gasteiger partial charge in [0.1, 0.15) is 0 Å². The lowest BCUT2D eigenvalue weighted by atomic mass is 10.0. The Morgan fingerprint density at radius 2 is 2.23 bits per heavy atom. The van der Waals surface area contributed by atoms with E-state index in [1.54, 1.807) is 11.8 Å². The van der Waals surface area contributed by atoms with E-state index in [-0.39, 0.29) is 23.7 Å². The number of para-hydroxylation sites is 1. The third-order valence-corrected chi connectivity index (χ3v) is 5.35. The Labute approximate surface area is 158 Å². The molecule has 2 N–H and O–H groups in total. The van der Waals surface area contributed by atoms with Crippen molar-refractivity contribution in [3.8, 4) is 5.75 Å². The molecule has 26 heavy (non-hydrogen) atoms. The Kier molecular flexibility index (Phi) is 4.32. The first-order chi connectivity index (χ1) is 12.5. The molecule has 0 atom stereocenters. The van der Waals surface area contributed by atoms with Crippen LogP contribution in [-0.2, 0) is 17.8 Å². The number of rotatable bonds is 3. The van der Waals surface area contributed by atoms with Crippen LogP contribution in [0.3, 0.4) is 0 Å². The van der Waals surface area contributed by atoms with Crippen LogP contribution in [-0.4, -0.2) is 33.9 Å². The summed E-state index contributed by atoms with van der Waals surface area (Å²) in [4.78, 5) is 32.6. The van der Waals surface area contributed by atoms with Crippen molar-refractivity contribution in [3.63, 3.8) is 0 Å². The molecule has 1 aromatic carbocycles. The summed E-state index contributed by atoms with van der Waals surface area (Å²) in [6, 6.07) is 7.51. The molecule has 0 bridgehead atoms. The van der Waals surface area contributed by atoms with E-state index < -0.39 is 0 Å². The van der Waals surface area contributed by atoms with Crippen molar-refractivity contribution in [3.05, 3.63) is 62.1 Å². The second-order valence-electron chi connectivity index (χ2n) is 6.44. The minimum Gasteiger partial charge on any atom is -0.478 e. The maximum Gasteiger partial charge on any atom is 0.260 e. The van der Waals surface area contributed by atoms with Gasteiger partial charge in [-0.3, -0.25) is 9.59 Å². The highest BCUT2D eigenvalue weighted by Gasteiger charge is 2.24. The zero-order chi connectivity index (χ0) is 18.3. The smallest absolute Gasteiger partial charge is 0.260 e. The van der Waals surface area contributed by atoms with Gasteiger partial charge < -0.3 is 19.6 Å². The number of fused-ring (bicyclic) bond motifs is 3. The van der Waals surface area contributed by atoms with Crippen LogP contribution in [0.5, 0.6) is 5.75 Å². The number of benzene rings is 1. The summed E-state index contributed by atoms with van der Waals surface area (Å²) >= 11 is 3.57. The van der Waals surface area contributed by atoms with Crippen LogP contribution in [0.1, 0.15) is 17.0 Å². The zero-order valence-corrected chi connectivity index (χ0v) is 15.9. The molecule has 3 aromatic rings. The number of carbonyl (C=O) groups is 1. The highest BCUT2D eigenvalue weighted by atomic mass is 79.9. The van der Waals surface area contributed by atoms with E-state index in [1.165, 1.54) is 18.0 Å². The van der Waals surface area contributed by atoms with Crippen molar-refractivity contribution < 1.29 is 9.53 Å². The third kappa shape index (κ3) is 3.03. The lowest BCUT2D eigenvalue weighted by molar-refractivity contribution is -0.134. The number of aromatic amines is 2. The van der Waals surface area contributed by atoms with Crippen LogP contribution >= 0.6 is 15.9 Å². The number of amides is 1. The molecule has 0 spiro atoms. The Bertz CT molecular complexity index is 1050. The predicted molar refractivity (Wildman–Crippen MR) is 102 cm³/mol. The van der Waals surface area contributed by atoms with Crippen molar-refractivity contribution in [1.82, 2.24) is 14.9 Å². The molecule has 0 radical (unpaired) electrons. The first-order valence-electron chi connectivity index (χ1n) is 8.41. The van der Waals surface area contributed by atoms with Crippen molar-refractivity contribution in [1.29, 1.82) is 0 Å². The largest absolute Gasteiger partial charge is 0.478 e. The Morgan fingerprint density at radius 3 is 3.04 bits per heavy atom. The number of aromatic nitrogens is 2. The number of aryl methyl sites for hydroxylation is 1. The van der Waals surface area contributed by atoms with Gasteiger partial charge in [0.05, 0.1) is 5.52 Å². The van der Waals surface area contributed by atoms with Gasteiger partial charge in [-0.05, 0) is 28.9 Å². The number of hydrogen-bond acceptors (Lipinski definition) is 3. The van der Waals surface area contributed by atoms with Crippen molar-refractivity contribution in [2.45, 2.75) is 19.9 Å². The molecular formula is C19H18BrN3O3. The van der Waals surface area contributed by atoms with Gasteiger partial charge in [-0.25, -0.2) is 0 Å². The fraction of sp³-hybridized carbons (Fsp3) is 0.263. The minimum atomic E-state index is -0.226. The second kappa shape index (κ2) is 6.64. The fourth-order valence-electron chi connectivity index (χ4n) is 3.32. The lowest BCUT2D eigenvalue weighted by Gasteiger charge is -2.27. The highest BCUT2D eigenvalue weighted by molar-refractivity contribution is 9.10. The molecule has 2 aromatic heterocycles. The van der Waals surface area contributed by atoms with Gasteiger partial charge in [0, 0.05) is 58.6 Å². The molecule has 4 rings (SSSR count). The van der Waals surface area contributed by atoms with Crippen molar-refractivity contribution in [2.24, 2.45) is 0 Å². The molecule has 0 saturated carbocycles. The topological polar surface area (TPSA) is 78.2 Å². The van der Waals surface area contributed by atoms with E-state index in [2.05, 4.69) is 32.0 Å². The Hall–Kier alpha value is -2.54. The molecule has 6 nitrogen and oxygen atoms in total.